The largest absolute Gasteiger partial charge is 0.494 e. The summed E-state index contributed by atoms with van der Waals surface area (Å²) < 4.78 is 5.47. The van der Waals surface area contributed by atoms with Crippen molar-refractivity contribution in [1.82, 2.24) is 5.32 Å². The Morgan fingerprint density at radius 3 is 2.35 bits per heavy atom. The lowest BCUT2D eigenvalue weighted by molar-refractivity contribution is 0.277. The number of nitrogens with one attached hydrogen (secondary N) is 1. The fraction of sp³-hybridized carbons (Fsp3) is 0.667. The minimum atomic E-state index is 0.717. The van der Waals surface area contributed by atoms with Crippen molar-refractivity contribution in [2.75, 3.05) is 6.61 Å². The Bertz CT molecular complexity index is 366. The molecule has 1 aromatic carbocycles. The highest BCUT2D eigenvalue weighted by molar-refractivity contribution is 5.27. The van der Waals surface area contributed by atoms with Crippen LogP contribution in [0.5, 0.6) is 5.75 Å². The number of rotatable bonds is 7. The maximum absolute atomic E-state index is 5.47. The van der Waals surface area contributed by atoms with Crippen LogP contribution < -0.4 is 10.1 Å². The summed E-state index contributed by atoms with van der Waals surface area (Å²) in [5, 5.41) is 3.71. The van der Waals surface area contributed by atoms with Crippen molar-refractivity contribution in [3.8, 4) is 5.75 Å². The molecule has 0 aromatic heterocycles. The first-order chi connectivity index (χ1) is 9.81. The molecule has 0 unspecified atom stereocenters. The van der Waals surface area contributed by atoms with Gasteiger partial charge in [-0.1, -0.05) is 31.9 Å². The molecule has 0 spiro atoms. The van der Waals surface area contributed by atoms with Gasteiger partial charge in [-0.3, -0.25) is 0 Å². The molecule has 0 saturated heterocycles. The molecule has 2 heteroatoms. The molecule has 0 radical (unpaired) electrons. The van der Waals surface area contributed by atoms with Crippen LogP contribution in [-0.4, -0.2) is 12.6 Å². The Morgan fingerprint density at radius 1 is 1.05 bits per heavy atom. The molecule has 1 saturated carbocycles. The van der Waals surface area contributed by atoms with E-state index >= 15 is 0 Å². The highest BCUT2D eigenvalue weighted by Crippen LogP contribution is 2.27. The van der Waals surface area contributed by atoms with E-state index in [9.17, 15) is 0 Å². The lowest BCUT2D eigenvalue weighted by atomic mass is 9.83. The van der Waals surface area contributed by atoms with Gasteiger partial charge in [0.1, 0.15) is 5.75 Å². The SMILES string of the molecule is CCCC1CCC(NCc2ccc(OCC)cc2)CC1. The highest BCUT2D eigenvalue weighted by atomic mass is 16.5. The predicted molar refractivity (Wildman–Crippen MR) is 85.1 cm³/mol. The summed E-state index contributed by atoms with van der Waals surface area (Å²) >= 11 is 0. The van der Waals surface area contributed by atoms with Gasteiger partial charge in [0.05, 0.1) is 6.61 Å². The van der Waals surface area contributed by atoms with E-state index in [2.05, 4.69) is 36.5 Å². The monoisotopic (exact) mass is 275 g/mol. The summed E-state index contributed by atoms with van der Waals surface area (Å²) in [4.78, 5) is 0. The maximum Gasteiger partial charge on any atom is 0.119 e. The van der Waals surface area contributed by atoms with E-state index in [4.69, 9.17) is 4.74 Å². The number of hydrogen-bond donors (Lipinski definition) is 1. The number of hydrogen-bond acceptors (Lipinski definition) is 2. The molecule has 0 heterocycles. The third-order valence-corrected chi connectivity index (χ3v) is 4.37. The van der Waals surface area contributed by atoms with Gasteiger partial charge in [-0.2, -0.15) is 0 Å². The van der Waals surface area contributed by atoms with Crippen molar-refractivity contribution >= 4 is 0 Å². The summed E-state index contributed by atoms with van der Waals surface area (Å²) in [5.41, 5.74) is 1.35. The molecule has 2 nitrogen and oxygen atoms in total. The molecule has 0 bridgehead atoms. The van der Waals surface area contributed by atoms with Gasteiger partial charge in [-0.25, -0.2) is 0 Å². The van der Waals surface area contributed by atoms with Gasteiger partial charge in [0.15, 0.2) is 0 Å². The van der Waals surface area contributed by atoms with Crippen molar-refractivity contribution in [2.24, 2.45) is 5.92 Å². The summed E-state index contributed by atoms with van der Waals surface area (Å²) in [6, 6.07) is 9.19. The molecule has 0 aliphatic heterocycles. The van der Waals surface area contributed by atoms with Crippen LogP contribution in [0.25, 0.3) is 0 Å². The van der Waals surface area contributed by atoms with Crippen LogP contribution in [0, 0.1) is 5.92 Å². The molecule has 1 aromatic rings. The lowest BCUT2D eigenvalue weighted by Gasteiger charge is -2.29. The van der Waals surface area contributed by atoms with Gasteiger partial charge in [0.2, 0.25) is 0 Å². The molecule has 1 aliphatic carbocycles. The minimum absolute atomic E-state index is 0.717. The second-order valence-corrected chi connectivity index (χ2v) is 5.96. The molecule has 1 N–H and O–H groups in total. The quantitative estimate of drug-likeness (QED) is 0.789. The molecule has 112 valence electrons. The molecule has 1 aliphatic rings. The van der Waals surface area contributed by atoms with E-state index in [0.29, 0.717) is 0 Å². The van der Waals surface area contributed by atoms with Crippen LogP contribution in [0.2, 0.25) is 0 Å². The van der Waals surface area contributed by atoms with Gasteiger partial charge in [-0.15, -0.1) is 0 Å². The second kappa shape index (κ2) is 8.31. The maximum atomic E-state index is 5.47. The van der Waals surface area contributed by atoms with Crippen molar-refractivity contribution in [3.05, 3.63) is 29.8 Å². The minimum Gasteiger partial charge on any atom is -0.494 e. The first-order valence-electron chi connectivity index (χ1n) is 8.27. The smallest absolute Gasteiger partial charge is 0.119 e. The van der Waals surface area contributed by atoms with E-state index < -0.39 is 0 Å². The zero-order chi connectivity index (χ0) is 14.2. The average molecular weight is 275 g/mol. The molecule has 0 atom stereocenters. The average Bonchev–Trinajstić information content (AvgIpc) is 2.49. The van der Waals surface area contributed by atoms with E-state index in [1.807, 2.05) is 6.92 Å². The van der Waals surface area contributed by atoms with Crippen molar-refractivity contribution < 1.29 is 4.74 Å². The van der Waals surface area contributed by atoms with E-state index in [1.165, 1.54) is 44.1 Å². The molecule has 20 heavy (non-hydrogen) atoms. The molecular formula is C18H29NO. The van der Waals surface area contributed by atoms with Crippen LogP contribution in [0.4, 0.5) is 0 Å². The van der Waals surface area contributed by atoms with Gasteiger partial charge >= 0.3 is 0 Å². The topological polar surface area (TPSA) is 21.3 Å². The Labute approximate surface area is 123 Å². The summed E-state index contributed by atoms with van der Waals surface area (Å²) in [6.07, 6.45) is 8.29. The summed E-state index contributed by atoms with van der Waals surface area (Å²) in [7, 11) is 0. The Kier molecular flexibility index (Phi) is 6.38. The van der Waals surface area contributed by atoms with Crippen LogP contribution in [0.3, 0.4) is 0 Å². The van der Waals surface area contributed by atoms with Crippen LogP contribution >= 0.6 is 0 Å². The van der Waals surface area contributed by atoms with Crippen LogP contribution in [0.15, 0.2) is 24.3 Å². The van der Waals surface area contributed by atoms with Crippen LogP contribution in [0.1, 0.15) is 57.9 Å². The summed E-state index contributed by atoms with van der Waals surface area (Å²) in [5.74, 6) is 1.96. The summed E-state index contributed by atoms with van der Waals surface area (Å²) in [6.45, 7) is 6.04. The number of ether oxygens (including phenoxy) is 1. The third-order valence-electron chi connectivity index (χ3n) is 4.37. The fourth-order valence-corrected chi connectivity index (χ4v) is 3.20. The first kappa shape index (κ1) is 15.4. The number of benzene rings is 1. The molecule has 1 fully saturated rings. The Morgan fingerprint density at radius 2 is 1.75 bits per heavy atom. The predicted octanol–water partition coefficient (Wildman–Crippen LogP) is 4.53. The second-order valence-electron chi connectivity index (χ2n) is 5.96. The lowest BCUT2D eigenvalue weighted by Crippen LogP contribution is -2.32. The fourth-order valence-electron chi connectivity index (χ4n) is 3.20. The van der Waals surface area contributed by atoms with Gasteiger partial charge < -0.3 is 10.1 Å². The molecule has 0 amide bonds. The zero-order valence-corrected chi connectivity index (χ0v) is 13.0. The third kappa shape index (κ3) is 4.82. The molecular weight excluding hydrogens is 246 g/mol. The Balaban J connectivity index is 1.70. The van der Waals surface area contributed by atoms with Crippen LogP contribution in [-0.2, 0) is 6.54 Å². The zero-order valence-electron chi connectivity index (χ0n) is 13.0. The van der Waals surface area contributed by atoms with Crippen molar-refractivity contribution in [3.63, 3.8) is 0 Å². The van der Waals surface area contributed by atoms with Gasteiger partial charge in [0, 0.05) is 12.6 Å². The van der Waals surface area contributed by atoms with E-state index in [-0.39, 0.29) is 0 Å². The van der Waals surface area contributed by atoms with Gasteiger partial charge in [-0.05, 0) is 56.2 Å². The standard InChI is InChI=1S/C18H29NO/c1-3-5-15-6-10-17(11-7-15)19-14-16-8-12-18(13-9-16)20-4-2/h8-9,12-13,15,17,19H,3-7,10-11,14H2,1-2H3. The van der Waals surface area contributed by atoms with E-state index in [1.54, 1.807) is 0 Å². The Hall–Kier alpha value is -1.02. The first-order valence-corrected chi connectivity index (χ1v) is 8.27. The van der Waals surface area contributed by atoms with Crippen molar-refractivity contribution in [2.45, 2.75) is 65.0 Å². The normalized spacial score (nSPS) is 22.7. The highest BCUT2D eigenvalue weighted by Gasteiger charge is 2.19. The van der Waals surface area contributed by atoms with E-state index in [0.717, 1.165) is 30.9 Å². The molecule has 2 rings (SSSR count). The van der Waals surface area contributed by atoms with Crippen molar-refractivity contribution in [1.29, 1.82) is 0 Å². The van der Waals surface area contributed by atoms with Gasteiger partial charge in [0.25, 0.3) is 0 Å².